The van der Waals surface area contributed by atoms with Crippen molar-refractivity contribution < 1.29 is 8.42 Å². The van der Waals surface area contributed by atoms with Crippen molar-refractivity contribution in [3.05, 3.63) is 15.8 Å². The third-order valence-electron chi connectivity index (χ3n) is 3.01. The zero-order chi connectivity index (χ0) is 14.5. The van der Waals surface area contributed by atoms with E-state index in [4.69, 9.17) is 0 Å². The van der Waals surface area contributed by atoms with Gasteiger partial charge in [-0.2, -0.15) is 4.31 Å². The summed E-state index contributed by atoms with van der Waals surface area (Å²) in [5, 5.41) is 3.06. The summed E-state index contributed by atoms with van der Waals surface area (Å²) in [5.41, 5.74) is 0. The van der Waals surface area contributed by atoms with Crippen LogP contribution in [0.25, 0.3) is 0 Å². The second-order valence-corrected chi connectivity index (χ2v) is 7.76. The Balaban J connectivity index is 3.03. The minimum atomic E-state index is -3.34. The molecule has 1 aromatic heterocycles. The second kappa shape index (κ2) is 7.38. The molecule has 4 nitrogen and oxygen atoms in total. The monoisotopic (exact) mass is 304 g/mol. The first-order chi connectivity index (χ1) is 8.97. The average Bonchev–Trinajstić information content (AvgIpc) is 2.72. The molecule has 1 rings (SSSR count). The van der Waals surface area contributed by atoms with Gasteiger partial charge in [-0.15, -0.1) is 11.3 Å². The minimum absolute atomic E-state index is 0.473. The molecule has 0 aliphatic carbocycles. The van der Waals surface area contributed by atoms with Crippen LogP contribution < -0.4 is 5.32 Å². The molecule has 110 valence electrons. The molecule has 0 radical (unpaired) electrons. The lowest BCUT2D eigenvalue weighted by molar-refractivity contribution is 0.419. The van der Waals surface area contributed by atoms with E-state index in [-0.39, 0.29) is 0 Å². The van der Waals surface area contributed by atoms with E-state index < -0.39 is 10.0 Å². The summed E-state index contributed by atoms with van der Waals surface area (Å²) in [6.45, 7) is 7.68. The molecule has 0 saturated heterocycles. The summed E-state index contributed by atoms with van der Waals surface area (Å²) >= 11 is 1.55. The first kappa shape index (κ1) is 16.6. The van der Waals surface area contributed by atoms with Crippen LogP contribution in [0.3, 0.4) is 0 Å². The van der Waals surface area contributed by atoms with Crippen molar-refractivity contribution in [1.82, 2.24) is 9.62 Å². The van der Waals surface area contributed by atoms with Gasteiger partial charge in [0.15, 0.2) is 0 Å². The Morgan fingerprint density at radius 3 is 2.58 bits per heavy atom. The molecular formula is C13H24N2O2S2. The zero-order valence-corrected chi connectivity index (χ0v) is 13.8. The minimum Gasteiger partial charge on any atom is -0.315 e. The Morgan fingerprint density at radius 2 is 2.05 bits per heavy atom. The third-order valence-corrected chi connectivity index (χ3v) is 6.29. The quantitative estimate of drug-likeness (QED) is 0.803. The predicted molar refractivity (Wildman–Crippen MR) is 81.2 cm³/mol. The van der Waals surface area contributed by atoms with E-state index in [1.165, 1.54) is 0 Å². The fraction of sp³-hybridized carbons (Fsp3) is 0.692. The van der Waals surface area contributed by atoms with E-state index in [1.807, 2.05) is 20.9 Å². The van der Waals surface area contributed by atoms with Gasteiger partial charge < -0.3 is 5.32 Å². The maximum Gasteiger partial charge on any atom is 0.244 e. The van der Waals surface area contributed by atoms with Gasteiger partial charge in [0.1, 0.15) is 0 Å². The number of hydrogen-bond acceptors (Lipinski definition) is 4. The predicted octanol–water partition coefficient (Wildman–Crippen LogP) is 2.59. The van der Waals surface area contributed by atoms with Crippen molar-refractivity contribution >= 4 is 21.4 Å². The Labute approximate surface area is 120 Å². The van der Waals surface area contributed by atoms with Gasteiger partial charge in [-0.05, 0) is 26.5 Å². The molecule has 0 bridgehead atoms. The van der Waals surface area contributed by atoms with E-state index in [0.29, 0.717) is 24.5 Å². The standard InChI is InChI=1S/C13H24N2O2S2/c1-5-7-8-15(6-2)19(16,17)13-9-12(10-14-4)18-11(13)3/h9,14H,5-8,10H2,1-4H3. The molecule has 0 aliphatic rings. The molecule has 0 amide bonds. The Bertz CT molecular complexity index is 495. The fourth-order valence-corrected chi connectivity index (χ4v) is 5.07. The third kappa shape index (κ3) is 4.02. The summed E-state index contributed by atoms with van der Waals surface area (Å²) in [4.78, 5) is 2.41. The highest BCUT2D eigenvalue weighted by molar-refractivity contribution is 7.89. The fourth-order valence-electron chi connectivity index (χ4n) is 1.96. The molecule has 0 saturated carbocycles. The van der Waals surface area contributed by atoms with Gasteiger partial charge in [-0.3, -0.25) is 0 Å². The van der Waals surface area contributed by atoms with Crippen LogP contribution in [0.5, 0.6) is 0 Å². The molecule has 0 spiro atoms. The number of aryl methyl sites for hydroxylation is 1. The largest absolute Gasteiger partial charge is 0.315 e. The van der Waals surface area contributed by atoms with Crippen molar-refractivity contribution in [3.8, 4) is 0 Å². The molecule has 6 heteroatoms. The molecule has 0 fully saturated rings. The van der Waals surface area contributed by atoms with E-state index in [1.54, 1.807) is 21.7 Å². The van der Waals surface area contributed by atoms with E-state index in [2.05, 4.69) is 12.2 Å². The van der Waals surface area contributed by atoms with Gasteiger partial charge in [-0.25, -0.2) is 8.42 Å². The molecule has 1 aromatic rings. The summed E-state index contributed by atoms with van der Waals surface area (Å²) < 4.78 is 26.8. The number of thiophene rings is 1. The maximum atomic E-state index is 12.6. The molecule has 0 aromatic carbocycles. The molecule has 0 atom stereocenters. The molecule has 1 N–H and O–H groups in total. The number of unbranched alkanes of at least 4 members (excludes halogenated alkanes) is 1. The van der Waals surface area contributed by atoms with Gasteiger partial charge in [0, 0.05) is 29.4 Å². The van der Waals surface area contributed by atoms with Crippen LogP contribution in [-0.4, -0.2) is 32.9 Å². The summed E-state index contributed by atoms with van der Waals surface area (Å²) in [6, 6.07) is 1.81. The highest BCUT2D eigenvalue weighted by Crippen LogP contribution is 2.28. The number of sulfonamides is 1. The molecule has 0 unspecified atom stereocenters. The first-order valence-corrected chi connectivity index (χ1v) is 8.97. The Hall–Kier alpha value is -0.430. The molecule has 1 heterocycles. The lowest BCUT2D eigenvalue weighted by Gasteiger charge is -2.19. The number of nitrogens with one attached hydrogen (secondary N) is 1. The molecular weight excluding hydrogens is 280 g/mol. The van der Waals surface area contributed by atoms with E-state index in [0.717, 1.165) is 22.6 Å². The summed E-state index contributed by atoms with van der Waals surface area (Å²) in [7, 11) is -1.47. The van der Waals surface area contributed by atoms with Gasteiger partial charge in [0.2, 0.25) is 10.0 Å². The van der Waals surface area contributed by atoms with Crippen molar-refractivity contribution in [2.45, 2.75) is 45.1 Å². The number of nitrogens with zero attached hydrogens (tertiary/aromatic N) is 1. The van der Waals surface area contributed by atoms with Gasteiger partial charge in [-0.1, -0.05) is 20.3 Å². The molecule has 19 heavy (non-hydrogen) atoms. The summed E-state index contributed by atoms with van der Waals surface area (Å²) in [6.07, 6.45) is 1.90. The van der Waals surface area contributed by atoms with Crippen LogP contribution in [0.4, 0.5) is 0 Å². The van der Waals surface area contributed by atoms with Crippen LogP contribution in [0.2, 0.25) is 0 Å². The topological polar surface area (TPSA) is 49.4 Å². The lowest BCUT2D eigenvalue weighted by Crippen LogP contribution is -2.32. The highest BCUT2D eigenvalue weighted by atomic mass is 32.2. The van der Waals surface area contributed by atoms with Crippen LogP contribution in [0, 0.1) is 6.92 Å². The average molecular weight is 304 g/mol. The Morgan fingerprint density at radius 1 is 1.37 bits per heavy atom. The first-order valence-electron chi connectivity index (χ1n) is 6.71. The summed E-state index contributed by atoms with van der Waals surface area (Å²) in [5.74, 6) is 0. The van der Waals surface area contributed by atoms with Crippen LogP contribution in [0.15, 0.2) is 11.0 Å². The van der Waals surface area contributed by atoms with Crippen LogP contribution in [-0.2, 0) is 16.6 Å². The normalized spacial score (nSPS) is 12.3. The van der Waals surface area contributed by atoms with E-state index in [9.17, 15) is 8.42 Å². The second-order valence-electron chi connectivity index (χ2n) is 4.51. The van der Waals surface area contributed by atoms with Crippen LogP contribution in [0.1, 0.15) is 36.4 Å². The lowest BCUT2D eigenvalue weighted by atomic mass is 10.3. The van der Waals surface area contributed by atoms with Crippen molar-refractivity contribution in [2.75, 3.05) is 20.1 Å². The van der Waals surface area contributed by atoms with Crippen molar-refractivity contribution in [2.24, 2.45) is 0 Å². The Kier molecular flexibility index (Phi) is 6.46. The van der Waals surface area contributed by atoms with E-state index >= 15 is 0 Å². The van der Waals surface area contributed by atoms with Crippen molar-refractivity contribution in [3.63, 3.8) is 0 Å². The highest BCUT2D eigenvalue weighted by Gasteiger charge is 2.26. The SMILES string of the molecule is CCCCN(CC)S(=O)(=O)c1cc(CNC)sc1C. The molecule has 0 aliphatic heterocycles. The van der Waals surface area contributed by atoms with Crippen LogP contribution >= 0.6 is 11.3 Å². The van der Waals surface area contributed by atoms with Gasteiger partial charge in [0.05, 0.1) is 4.90 Å². The smallest absolute Gasteiger partial charge is 0.244 e. The van der Waals surface area contributed by atoms with Crippen molar-refractivity contribution in [1.29, 1.82) is 0 Å². The van der Waals surface area contributed by atoms with Gasteiger partial charge in [0.25, 0.3) is 0 Å². The van der Waals surface area contributed by atoms with Gasteiger partial charge >= 0.3 is 0 Å². The number of rotatable bonds is 8. The zero-order valence-electron chi connectivity index (χ0n) is 12.2. The number of hydrogen-bond donors (Lipinski definition) is 1. The maximum absolute atomic E-state index is 12.6.